The number of benzene rings is 2. The van der Waals surface area contributed by atoms with E-state index in [2.05, 4.69) is 15.3 Å². The van der Waals surface area contributed by atoms with Crippen molar-refractivity contribution in [2.45, 2.75) is 19.3 Å². The van der Waals surface area contributed by atoms with Crippen molar-refractivity contribution >= 4 is 11.6 Å². The van der Waals surface area contributed by atoms with Crippen LogP contribution in [0.3, 0.4) is 0 Å². The van der Waals surface area contributed by atoms with E-state index in [1.807, 2.05) is 42.5 Å². The SMILES string of the molecule is Nc1ccc(CNC(=O)c2cncnc2OC2=COC(Cc3ccccc3)O2)cc1. The molecule has 0 saturated carbocycles. The van der Waals surface area contributed by atoms with Crippen LogP contribution in [0.1, 0.15) is 21.5 Å². The molecule has 1 amide bonds. The highest BCUT2D eigenvalue weighted by atomic mass is 16.8. The molecule has 1 aliphatic rings. The lowest BCUT2D eigenvalue weighted by molar-refractivity contribution is -0.0525. The second-order valence-electron chi connectivity index (χ2n) is 6.58. The highest BCUT2D eigenvalue weighted by Crippen LogP contribution is 2.23. The van der Waals surface area contributed by atoms with Gasteiger partial charge in [-0.3, -0.25) is 4.79 Å². The third-order valence-electron chi connectivity index (χ3n) is 4.36. The molecule has 3 aromatic rings. The summed E-state index contributed by atoms with van der Waals surface area (Å²) < 4.78 is 16.8. The molecule has 1 aromatic heterocycles. The number of anilines is 1. The largest absolute Gasteiger partial charge is 0.455 e. The van der Waals surface area contributed by atoms with Crippen LogP contribution in [0.4, 0.5) is 5.69 Å². The van der Waals surface area contributed by atoms with Gasteiger partial charge in [-0.25, -0.2) is 9.97 Å². The maximum atomic E-state index is 12.6. The van der Waals surface area contributed by atoms with Gasteiger partial charge in [0.1, 0.15) is 11.9 Å². The Morgan fingerprint density at radius 3 is 2.70 bits per heavy atom. The van der Waals surface area contributed by atoms with E-state index in [1.165, 1.54) is 18.8 Å². The summed E-state index contributed by atoms with van der Waals surface area (Å²) in [5, 5.41) is 2.81. The van der Waals surface area contributed by atoms with E-state index in [4.69, 9.17) is 19.9 Å². The molecule has 3 N–H and O–H groups in total. The van der Waals surface area contributed by atoms with Crippen LogP contribution in [0.15, 0.2) is 79.3 Å². The minimum absolute atomic E-state index is 0.0787. The maximum absolute atomic E-state index is 12.6. The van der Waals surface area contributed by atoms with Crippen molar-refractivity contribution in [3.05, 3.63) is 96.0 Å². The summed E-state index contributed by atoms with van der Waals surface area (Å²) >= 11 is 0. The number of nitrogens with two attached hydrogens (primary N) is 1. The van der Waals surface area contributed by atoms with Crippen molar-refractivity contribution in [1.29, 1.82) is 0 Å². The Kier molecular flexibility index (Phi) is 5.75. The van der Waals surface area contributed by atoms with E-state index in [0.29, 0.717) is 18.7 Å². The summed E-state index contributed by atoms with van der Waals surface area (Å²) in [6.45, 7) is 0.328. The zero-order valence-corrected chi connectivity index (χ0v) is 16.0. The number of carbonyl (C=O) groups is 1. The summed E-state index contributed by atoms with van der Waals surface area (Å²) in [7, 11) is 0. The van der Waals surface area contributed by atoms with E-state index in [1.54, 1.807) is 12.1 Å². The molecule has 8 nitrogen and oxygen atoms in total. The number of nitrogens with zero attached hydrogens (tertiary/aromatic N) is 2. The van der Waals surface area contributed by atoms with Gasteiger partial charge < -0.3 is 25.3 Å². The van der Waals surface area contributed by atoms with Gasteiger partial charge in [-0.2, -0.15) is 0 Å². The molecule has 0 spiro atoms. The topological polar surface area (TPSA) is 109 Å². The van der Waals surface area contributed by atoms with E-state index >= 15 is 0 Å². The molecule has 0 saturated heterocycles. The normalized spacial score (nSPS) is 14.9. The molecule has 0 bridgehead atoms. The third kappa shape index (κ3) is 4.85. The molecule has 0 radical (unpaired) electrons. The molecule has 8 heteroatoms. The molecule has 4 rings (SSSR count). The van der Waals surface area contributed by atoms with E-state index in [-0.39, 0.29) is 23.3 Å². The van der Waals surface area contributed by atoms with Gasteiger partial charge in [-0.05, 0) is 23.3 Å². The molecule has 1 aliphatic heterocycles. The van der Waals surface area contributed by atoms with Gasteiger partial charge in [0.05, 0.1) is 0 Å². The number of ether oxygens (including phenoxy) is 3. The molecular weight excluding hydrogens is 384 g/mol. The number of rotatable bonds is 7. The van der Waals surface area contributed by atoms with Gasteiger partial charge in [-0.15, -0.1) is 0 Å². The Morgan fingerprint density at radius 2 is 1.90 bits per heavy atom. The lowest BCUT2D eigenvalue weighted by Crippen LogP contribution is -2.24. The molecule has 2 aromatic carbocycles. The van der Waals surface area contributed by atoms with Crippen LogP contribution in [-0.4, -0.2) is 22.2 Å². The van der Waals surface area contributed by atoms with Crippen molar-refractivity contribution in [1.82, 2.24) is 15.3 Å². The summed E-state index contributed by atoms with van der Waals surface area (Å²) in [4.78, 5) is 20.6. The number of hydrogen-bond donors (Lipinski definition) is 2. The summed E-state index contributed by atoms with van der Waals surface area (Å²) in [5.41, 5.74) is 8.51. The number of amides is 1. The van der Waals surface area contributed by atoms with E-state index in [0.717, 1.165) is 11.1 Å². The van der Waals surface area contributed by atoms with Crippen LogP contribution < -0.4 is 15.8 Å². The second kappa shape index (κ2) is 8.95. The molecular formula is C22H20N4O4. The van der Waals surface area contributed by atoms with Crippen LogP contribution >= 0.6 is 0 Å². The Bertz CT molecular complexity index is 1040. The highest BCUT2D eigenvalue weighted by molar-refractivity contribution is 5.96. The monoisotopic (exact) mass is 404 g/mol. The Labute approximate surface area is 173 Å². The van der Waals surface area contributed by atoms with Crippen LogP contribution in [0.25, 0.3) is 0 Å². The van der Waals surface area contributed by atoms with Gasteiger partial charge in [0.15, 0.2) is 6.26 Å². The summed E-state index contributed by atoms with van der Waals surface area (Å²) in [6, 6.07) is 17.1. The fraction of sp³-hybridized carbons (Fsp3) is 0.136. The van der Waals surface area contributed by atoms with Gasteiger partial charge in [0.2, 0.25) is 12.2 Å². The Hall–Kier alpha value is -4.07. The minimum Gasteiger partial charge on any atom is -0.455 e. The zero-order chi connectivity index (χ0) is 20.8. The van der Waals surface area contributed by atoms with Gasteiger partial charge >= 0.3 is 5.95 Å². The second-order valence-corrected chi connectivity index (χ2v) is 6.58. The predicted molar refractivity (Wildman–Crippen MR) is 109 cm³/mol. The average Bonchev–Trinajstić information content (AvgIpc) is 3.21. The minimum atomic E-state index is -0.507. The quantitative estimate of drug-likeness (QED) is 0.583. The predicted octanol–water partition coefficient (Wildman–Crippen LogP) is 2.78. The number of carbonyl (C=O) groups excluding carboxylic acids is 1. The first kappa shape index (κ1) is 19.3. The molecule has 2 heterocycles. The fourth-order valence-electron chi connectivity index (χ4n) is 2.82. The average molecular weight is 404 g/mol. The number of nitrogens with one attached hydrogen (secondary N) is 1. The third-order valence-corrected chi connectivity index (χ3v) is 4.36. The molecule has 30 heavy (non-hydrogen) atoms. The first-order valence-electron chi connectivity index (χ1n) is 9.34. The number of aromatic nitrogens is 2. The van der Waals surface area contributed by atoms with Gasteiger partial charge in [0, 0.05) is 24.8 Å². The zero-order valence-electron chi connectivity index (χ0n) is 16.0. The molecule has 0 fully saturated rings. The molecule has 0 aliphatic carbocycles. The summed E-state index contributed by atoms with van der Waals surface area (Å²) in [6.07, 6.45) is 4.10. The Balaban J connectivity index is 1.36. The lowest BCUT2D eigenvalue weighted by atomic mass is 10.1. The van der Waals surface area contributed by atoms with Crippen molar-refractivity contribution in [3.63, 3.8) is 0 Å². The fourth-order valence-corrected chi connectivity index (χ4v) is 2.82. The van der Waals surface area contributed by atoms with Crippen LogP contribution in [-0.2, 0) is 22.4 Å². The first-order valence-corrected chi connectivity index (χ1v) is 9.34. The number of hydrogen-bond acceptors (Lipinski definition) is 7. The van der Waals surface area contributed by atoms with Crippen molar-refractivity contribution in [2.24, 2.45) is 0 Å². The summed E-state index contributed by atoms with van der Waals surface area (Å²) in [5.74, 6) is -0.167. The van der Waals surface area contributed by atoms with E-state index < -0.39 is 6.29 Å². The molecule has 1 unspecified atom stereocenters. The van der Waals surface area contributed by atoms with Crippen LogP contribution in [0.2, 0.25) is 0 Å². The Morgan fingerprint density at radius 1 is 1.10 bits per heavy atom. The van der Waals surface area contributed by atoms with Crippen molar-refractivity contribution in [3.8, 4) is 5.88 Å². The van der Waals surface area contributed by atoms with Gasteiger partial charge in [0.25, 0.3) is 5.91 Å². The van der Waals surface area contributed by atoms with Crippen molar-refractivity contribution in [2.75, 3.05) is 5.73 Å². The van der Waals surface area contributed by atoms with Crippen molar-refractivity contribution < 1.29 is 19.0 Å². The maximum Gasteiger partial charge on any atom is 0.325 e. The molecule has 152 valence electrons. The smallest absolute Gasteiger partial charge is 0.325 e. The highest BCUT2D eigenvalue weighted by Gasteiger charge is 2.24. The lowest BCUT2D eigenvalue weighted by Gasteiger charge is -2.13. The molecule has 1 atom stereocenters. The standard InChI is InChI=1S/C22H20N4O4/c23-17-8-6-16(7-9-17)11-25-21(27)18-12-24-14-26-22(18)30-20-13-28-19(29-20)10-15-4-2-1-3-5-15/h1-9,12-14,19H,10-11,23H2,(H,25,27). The van der Waals surface area contributed by atoms with E-state index in [9.17, 15) is 4.79 Å². The first-order chi connectivity index (χ1) is 14.7. The van der Waals surface area contributed by atoms with Crippen LogP contribution in [0.5, 0.6) is 5.88 Å². The van der Waals surface area contributed by atoms with Crippen LogP contribution in [0, 0.1) is 0 Å². The number of nitrogen functional groups attached to an aromatic ring is 1. The van der Waals surface area contributed by atoms with Gasteiger partial charge in [-0.1, -0.05) is 42.5 Å².